The monoisotopic (exact) mass is 483 g/mol. The van der Waals surface area contributed by atoms with Gasteiger partial charge in [0.1, 0.15) is 11.2 Å². The summed E-state index contributed by atoms with van der Waals surface area (Å²) < 4.78 is 10.6. The molecule has 1 aliphatic rings. The zero-order chi connectivity index (χ0) is 25.6. The Kier molecular flexibility index (Phi) is 13.3. The number of amides is 3. The summed E-state index contributed by atoms with van der Waals surface area (Å²) in [6, 6.07) is 0. The Morgan fingerprint density at radius 1 is 0.647 bits per heavy atom. The minimum Gasteiger partial charge on any atom is -0.444 e. The topological polar surface area (TPSA) is 88.2 Å². The molecule has 1 rings (SSSR count). The SMILES string of the molecule is CC(C)(C)OC(=O)NCCCCCCCCCCCC(=O)N1CCN(C(=O)OC(C)(C)C)CC1. The minimum absolute atomic E-state index is 0.198. The van der Waals surface area contributed by atoms with E-state index in [9.17, 15) is 14.4 Å². The summed E-state index contributed by atoms with van der Waals surface area (Å²) >= 11 is 0. The summed E-state index contributed by atoms with van der Waals surface area (Å²) in [4.78, 5) is 39.7. The van der Waals surface area contributed by atoms with Crippen LogP contribution in [0.25, 0.3) is 0 Å². The lowest BCUT2D eigenvalue weighted by molar-refractivity contribution is -0.133. The van der Waals surface area contributed by atoms with Gasteiger partial charge in [-0.3, -0.25) is 4.79 Å². The quantitative estimate of drug-likeness (QED) is 0.371. The molecule has 0 bridgehead atoms. The van der Waals surface area contributed by atoms with Crippen LogP contribution in [0.1, 0.15) is 106 Å². The molecule has 34 heavy (non-hydrogen) atoms. The van der Waals surface area contributed by atoms with Crippen LogP contribution in [0.15, 0.2) is 0 Å². The third-order valence-electron chi connectivity index (χ3n) is 5.52. The van der Waals surface area contributed by atoms with Crippen molar-refractivity contribution >= 4 is 18.1 Å². The van der Waals surface area contributed by atoms with Crippen LogP contribution in [-0.4, -0.2) is 71.8 Å². The van der Waals surface area contributed by atoms with Crippen molar-refractivity contribution in [1.82, 2.24) is 15.1 Å². The van der Waals surface area contributed by atoms with E-state index >= 15 is 0 Å². The van der Waals surface area contributed by atoms with E-state index in [4.69, 9.17) is 9.47 Å². The molecule has 1 N–H and O–H groups in total. The number of hydrogen-bond acceptors (Lipinski definition) is 5. The Hall–Kier alpha value is -1.99. The first-order valence-electron chi connectivity index (χ1n) is 13.1. The largest absolute Gasteiger partial charge is 0.444 e. The zero-order valence-electron chi connectivity index (χ0n) is 22.5. The minimum atomic E-state index is -0.495. The molecule has 198 valence electrons. The van der Waals surface area contributed by atoms with E-state index in [0.717, 1.165) is 25.7 Å². The number of piperazine rings is 1. The molecule has 1 heterocycles. The molecule has 1 saturated heterocycles. The van der Waals surface area contributed by atoms with Crippen LogP contribution in [0.5, 0.6) is 0 Å². The highest BCUT2D eigenvalue weighted by Gasteiger charge is 2.27. The molecule has 0 atom stereocenters. The van der Waals surface area contributed by atoms with Gasteiger partial charge < -0.3 is 24.6 Å². The maximum Gasteiger partial charge on any atom is 0.410 e. The van der Waals surface area contributed by atoms with Crippen molar-refractivity contribution in [3.05, 3.63) is 0 Å². The number of alkyl carbamates (subject to hydrolysis) is 1. The van der Waals surface area contributed by atoms with E-state index in [1.54, 1.807) is 4.90 Å². The van der Waals surface area contributed by atoms with E-state index in [-0.39, 0.29) is 18.1 Å². The second kappa shape index (κ2) is 15.1. The van der Waals surface area contributed by atoms with Gasteiger partial charge in [-0.1, -0.05) is 44.9 Å². The number of hydrogen-bond donors (Lipinski definition) is 1. The van der Waals surface area contributed by atoms with Gasteiger partial charge in [-0.05, 0) is 54.4 Å². The fraction of sp³-hybridized carbons (Fsp3) is 0.885. The van der Waals surface area contributed by atoms with Crippen LogP contribution < -0.4 is 5.32 Å². The Morgan fingerprint density at radius 3 is 1.59 bits per heavy atom. The zero-order valence-corrected chi connectivity index (χ0v) is 22.5. The molecule has 0 radical (unpaired) electrons. The number of carbonyl (C=O) groups excluding carboxylic acids is 3. The summed E-state index contributed by atoms with van der Waals surface area (Å²) in [5, 5.41) is 2.80. The molecule has 0 aliphatic carbocycles. The van der Waals surface area contributed by atoms with E-state index in [0.29, 0.717) is 39.1 Å². The number of nitrogens with zero attached hydrogens (tertiary/aromatic N) is 2. The van der Waals surface area contributed by atoms with Gasteiger partial charge in [0.15, 0.2) is 0 Å². The predicted octanol–water partition coefficient (Wildman–Crippen LogP) is 5.49. The summed E-state index contributed by atoms with van der Waals surface area (Å²) in [7, 11) is 0. The smallest absolute Gasteiger partial charge is 0.410 e. The Labute approximate surface area is 207 Å². The third kappa shape index (κ3) is 15.0. The number of rotatable bonds is 12. The van der Waals surface area contributed by atoms with Crippen molar-refractivity contribution in [1.29, 1.82) is 0 Å². The molecule has 0 saturated carbocycles. The van der Waals surface area contributed by atoms with Crippen molar-refractivity contribution in [2.75, 3.05) is 32.7 Å². The second-order valence-corrected chi connectivity index (χ2v) is 11.2. The predicted molar refractivity (Wildman–Crippen MR) is 135 cm³/mol. The first-order valence-corrected chi connectivity index (χ1v) is 13.1. The normalized spacial score (nSPS) is 14.6. The molecule has 1 fully saturated rings. The molecular weight excluding hydrogens is 434 g/mol. The van der Waals surface area contributed by atoms with Crippen molar-refractivity contribution in [3.8, 4) is 0 Å². The number of nitrogens with one attached hydrogen (secondary N) is 1. The van der Waals surface area contributed by atoms with E-state index < -0.39 is 11.2 Å². The van der Waals surface area contributed by atoms with Crippen LogP contribution in [-0.2, 0) is 14.3 Å². The van der Waals surface area contributed by atoms with Gasteiger partial charge in [0, 0.05) is 39.1 Å². The summed E-state index contributed by atoms with van der Waals surface area (Å²) in [6.45, 7) is 14.1. The maximum atomic E-state index is 12.4. The van der Waals surface area contributed by atoms with Crippen LogP contribution in [0.4, 0.5) is 9.59 Å². The van der Waals surface area contributed by atoms with Gasteiger partial charge in [0.25, 0.3) is 0 Å². The van der Waals surface area contributed by atoms with Gasteiger partial charge >= 0.3 is 12.2 Å². The van der Waals surface area contributed by atoms with Gasteiger partial charge in [0.05, 0.1) is 0 Å². The van der Waals surface area contributed by atoms with Gasteiger partial charge in [-0.25, -0.2) is 9.59 Å². The first-order chi connectivity index (χ1) is 15.9. The fourth-order valence-electron chi connectivity index (χ4n) is 3.77. The van der Waals surface area contributed by atoms with Crippen LogP contribution in [0.3, 0.4) is 0 Å². The highest BCUT2D eigenvalue weighted by Crippen LogP contribution is 2.14. The number of ether oxygens (including phenoxy) is 2. The number of unbranched alkanes of at least 4 members (excludes halogenated alkanes) is 8. The highest BCUT2D eigenvalue weighted by molar-refractivity contribution is 5.76. The number of carbonyl (C=O) groups is 3. The Morgan fingerprint density at radius 2 is 1.09 bits per heavy atom. The molecule has 0 spiro atoms. The standard InChI is InChI=1S/C26H49N3O5/c1-25(2,3)33-23(31)27-17-15-13-11-9-7-8-10-12-14-16-22(30)28-18-20-29(21-19-28)24(32)34-26(4,5)6/h7-21H2,1-6H3,(H,27,31). The Balaban J connectivity index is 1.95. The van der Waals surface area contributed by atoms with Gasteiger partial charge in [0.2, 0.25) is 5.91 Å². The van der Waals surface area contributed by atoms with Crippen molar-refractivity contribution in [3.63, 3.8) is 0 Å². The molecule has 0 aromatic rings. The van der Waals surface area contributed by atoms with Crippen LogP contribution in [0, 0.1) is 0 Å². The molecule has 0 aromatic heterocycles. The lowest BCUT2D eigenvalue weighted by Crippen LogP contribution is -2.51. The highest BCUT2D eigenvalue weighted by atomic mass is 16.6. The van der Waals surface area contributed by atoms with E-state index in [2.05, 4.69) is 5.32 Å². The molecule has 1 aliphatic heterocycles. The maximum absolute atomic E-state index is 12.4. The van der Waals surface area contributed by atoms with Crippen LogP contribution >= 0.6 is 0 Å². The van der Waals surface area contributed by atoms with Crippen molar-refractivity contribution < 1.29 is 23.9 Å². The average Bonchev–Trinajstić information content (AvgIpc) is 2.72. The van der Waals surface area contributed by atoms with Gasteiger partial charge in [-0.2, -0.15) is 0 Å². The summed E-state index contributed by atoms with van der Waals surface area (Å²) in [5.41, 5.74) is -0.944. The molecule has 3 amide bonds. The molecule has 8 heteroatoms. The molecule has 0 unspecified atom stereocenters. The lowest BCUT2D eigenvalue weighted by atomic mass is 10.1. The molecule has 0 aromatic carbocycles. The molecule has 8 nitrogen and oxygen atoms in total. The fourth-order valence-corrected chi connectivity index (χ4v) is 3.77. The summed E-state index contributed by atoms with van der Waals surface area (Å²) in [6.07, 6.45) is 10.1. The van der Waals surface area contributed by atoms with E-state index in [1.807, 2.05) is 46.4 Å². The first kappa shape index (κ1) is 30.0. The van der Waals surface area contributed by atoms with Gasteiger partial charge in [-0.15, -0.1) is 0 Å². The van der Waals surface area contributed by atoms with Crippen molar-refractivity contribution in [2.45, 2.75) is 117 Å². The summed E-state index contributed by atoms with van der Waals surface area (Å²) in [5.74, 6) is 0.198. The van der Waals surface area contributed by atoms with E-state index in [1.165, 1.54) is 32.1 Å². The molecular formula is C26H49N3O5. The lowest BCUT2D eigenvalue weighted by Gasteiger charge is -2.35. The average molecular weight is 484 g/mol. The van der Waals surface area contributed by atoms with Crippen LogP contribution in [0.2, 0.25) is 0 Å². The Bertz CT molecular complexity index is 617. The van der Waals surface area contributed by atoms with Crippen molar-refractivity contribution in [2.24, 2.45) is 0 Å². The third-order valence-corrected chi connectivity index (χ3v) is 5.52. The second-order valence-electron chi connectivity index (χ2n) is 11.2.